The van der Waals surface area contributed by atoms with Crippen LogP contribution >= 0.6 is 0 Å². The summed E-state index contributed by atoms with van der Waals surface area (Å²) >= 11 is 0. The second kappa shape index (κ2) is 3.64. The van der Waals surface area contributed by atoms with Crippen molar-refractivity contribution in [3.05, 3.63) is 24.2 Å². The lowest BCUT2D eigenvalue weighted by Crippen LogP contribution is -2.16. The van der Waals surface area contributed by atoms with Gasteiger partial charge in [-0.05, 0) is 0 Å². The molecule has 0 fully saturated rings. The van der Waals surface area contributed by atoms with Crippen LogP contribution < -0.4 is 10.6 Å². The van der Waals surface area contributed by atoms with Crippen molar-refractivity contribution in [3.63, 3.8) is 0 Å². The molecule has 2 rings (SSSR count). The molecule has 0 aromatic carbocycles. The minimum absolute atomic E-state index is 0.585. The lowest BCUT2D eigenvalue weighted by Gasteiger charge is -2.16. The van der Waals surface area contributed by atoms with Crippen LogP contribution in [-0.4, -0.2) is 27.0 Å². The number of aryl methyl sites for hydroxylation is 1. The van der Waals surface area contributed by atoms with Crippen LogP contribution in [0.2, 0.25) is 0 Å². The maximum absolute atomic E-state index is 5.72. The van der Waals surface area contributed by atoms with Gasteiger partial charge in [-0.15, -0.1) is 0 Å². The molecular weight excluding hydrogens is 192 g/mol. The van der Waals surface area contributed by atoms with Crippen LogP contribution in [0.5, 0.6) is 0 Å². The molecule has 2 aromatic rings. The summed E-state index contributed by atoms with van der Waals surface area (Å²) in [6, 6.07) is 0. The molecule has 2 aromatic heterocycles. The van der Waals surface area contributed by atoms with Crippen molar-refractivity contribution in [1.29, 1.82) is 0 Å². The zero-order valence-corrected chi connectivity index (χ0v) is 8.81. The SMILES string of the molecule is CN(Cc1cnn(C)c1)c1cn[nH]c1N. The molecule has 0 bridgehead atoms. The van der Waals surface area contributed by atoms with Crippen molar-refractivity contribution in [2.45, 2.75) is 6.54 Å². The molecule has 0 spiro atoms. The predicted molar refractivity (Wildman–Crippen MR) is 58.3 cm³/mol. The van der Waals surface area contributed by atoms with E-state index in [4.69, 9.17) is 5.73 Å². The number of hydrogen-bond donors (Lipinski definition) is 2. The van der Waals surface area contributed by atoms with Crippen molar-refractivity contribution >= 4 is 11.5 Å². The number of nitrogens with zero attached hydrogens (tertiary/aromatic N) is 4. The van der Waals surface area contributed by atoms with E-state index in [2.05, 4.69) is 15.3 Å². The lowest BCUT2D eigenvalue weighted by molar-refractivity contribution is 0.766. The second-order valence-electron chi connectivity index (χ2n) is 3.55. The highest BCUT2D eigenvalue weighted by Gasteiger charge is 2.08. The predicted octanol–water partition coefficient (Wildman–Crippen LogP) is 0.362. The third-order valence-electron chi connectivity index (χ3n) is 2.24. The van der Waals surface area contributed by atoms with E-state index in [1.54, 1.807) is 10.9 Å². The quantitative estimate of drug-likeness (QED) is 0.760. The highest BCUT2D eigenvalue weighted by Crippen LogP contribution is 2.19. The number of H-pyrrole nitrogens is 1. The van der Waals surface area contributed by atoms with E-state index in [9.17, 15) is 0 Å². The number of nitrogens with one attached hydrogen (secondary N) is 1. The molecule has 0 saturated heterocycles. The Bertz CT molecular complexity index is 443. The fourth-order valence-electron chi connectivity index (χ4n) is 1.51. The van der Waals surface area contributed by atoms with Crippen molar-refractivity contribution in [2.75, 3.05) is 17.7 Å². The fraction of sp³-hybridized carbons (Fsp3) is 0.333. The monoisotopic (exact) mass is 206 g/mol. The summed E-state index contributed by atoms with van der Waals surface area (Å²) < 4.78 is 1.78. The highest BCUT2D eigenvalue weighted by atomic mass is 15.3. The van der Waals surface area contributed by atoms with E-state index >= 15 is 0 Å². The summed E-state index contributed by atoms with van der Waals surface area (Å²) in [5.74, 6) is 0.585. The molecule has 0 aliphatic rings. The van der Waals surface area contributed by atoms with Gasteiger partial charge in [0.2, 0.25) is 0 Å². The Morgan fingerprint density at radius 2 is 2.33 bits per heavy atom. The van der Waals surface area contributed by atoms with Gasteiger partial charge < -0.3 is 10.6 Å². The van der Waals surface area contributed by atoms with Crippen LogP contribution in [0.25, 0.3) is 0 Å². The van der Waals surface area contributed by atoms with Crippen LogP contribution in [0.1, 0.15) is 5.56 Å². The third kappa shape index (κ3) is 1.93. The fourth-order valence-corrected chi connectivity index (χ4v) is 1.51. The molecule has 0 aliphatic carbocycles. The van der Waals surface area contributed by atoms with Gasteiger partial charge >= 0.3 is 0 Å². The normalized spacial score (nSPS) is 10.5. The molecule has 2 heterocycles. The maximum atomic E-state index is 5.72. The van der Waals surface area contributed by atoms with E-state index in [0.29, 0.717) is 5.82 Å². The van der Waals surface area contributed by atoms with Gasteiger partial charge in [0.1, 0.15) is 5.82 Å². The summed E-state index contributed by atoms with van der Waals surface area (Å²) in [7, 11) is 3.87. The zero-order chi connectivity index (χ0) is 10.8. The molecule has 0 amide bonds. The van der Waals surface area contributed by atoms with Crippen LogP contribution in [0, 0.1) is 0 Å². The van der Waals surface area contributed by atoms with Gasteiger partial charge in [0.25, 0.3) is 0 Å². The van der Waals surface area contributed by atoms with E-state index in [1.807, 2.05) is 31.4 Å². The highest BCUT2D eigenvalue weighted by molar-refractivity contribution is 5.61. The summed E-state index contributed by atoms with van der Waals surface area (Å²) in [6.45, 7) is 0.761. The maximum Gasteiger partial charge on any atom is 0.142 e. The Kier molecular flexibility index (Phi) is 2.32. The van der Waals surface area contributed by atoms with Crippen molar-refractivity contribution in [3.8, 4) is 0 Å². The summed E-state index contributed by atoms with van der Waals surface area (Å²) in [5, 5.41) is 10.7. The average molecular weight is 206 g/mol. The Hall–Kier alpha value is -1.98. The second-order valence-corrected chi connectivity index (χ2v) is 3.55. The first-order chi connectivity index (χ1) is 7.16. The Morgan fingerprint density at radius 1 is 1.53 bits per heavy atom. The molecule has 6 nitrogen and oxygen atoms in total. The van der Waals surface area contributed by atoms with Gasteiger partial charge in [-0.2, -0.15) is 10.2 Å². The van der Waals surface area contributed by atoms with Gasteiger partial charge in [0.05, 0.1) is 18.1 Å². The molecule has 0 saturated carbocycles. The molecule has 15 heavy (non-hydrogen) atoms. The van der Waals surface area contributed by atoms with Gasteiger partial charge in [-0.3, -0.25) is 9.78 Å². The summed E-state index contributed by atoms with van der Waals surface area (Å²) in [4.78, 5) is 2.02. The van der Waals surface area contributed by atoms with Gasteiger partial charge in [-0.25, -0.2) is 0 Å². The first kappa shape index (κ1) is 9.57. The molecule has 80 valence electrons. The Labute approximate surface area is 87.7 Å². The number of nitrogen functional groups attached to an aromatic ring is 1. The van der Waals surface area contributed by atoms with E-state index in [-0.39, 0.29) is 0 Å². The van der Waals surface area contributed by atoms with Gasteiger partial charge in [0.15, 0.2) is 0 Å². The molecule has 0 radical (unpaired) electrons. The van der Waals surface area contributed by atoms with Crippen LogP contribution in [-0.2, 0) is 13.6 Å². The number of nitrogens with two attached hydrogens (primary N) is 1. The van der Waals surface area contributed by atoms with E-state index in [1.165, 1.54) is 0 Å². The van der Waals surface area contributed by atoms with Crippen LogP contribution in [0.15, 0.2) is 18.6 Å². The summed E-state index contributed by atoms with van der Waals surface area (Å²) in [6.07, 6.45) is 5.53. The average Bonchev–Trinajstić information content (AvgIpc) is 2.75. The smallest absolute Gasteiger partial charge is 0.142 e. The van der Waals surface area contributed by atoms with Crippen LogP contribution in [0.4, 0.5) is 11.5 Å². The molecular formula is C9H14N6. The van der Waals surface area contributed by atoms with Gasteiger partial charge in [0, 0.05) is 32.4 Å². The van der Waals surface area contributed by atoms with Crippen molar-refractivity contribution < 1.29 is 0 Å². The molecule has 3 N–H and O–H groups in total. The largest absolute Gasteiger partial charge is 0.382 e. The Morgan fingerprint density at radius 3 is 2.87 bits per heavy atom. The minimum Gasteiger partial charge on any atom is -0.382 e. The van der Waals surface area contributed by atoms with E-state index < -0.39 is 0 Å². The molecule has 6 heteroatoms. The first-order valence-corrected chi connectivity index (χ1v) is 4.64. The first-order valence-electron chi connectivity index (χ1n) is 4.64. The van der Waals surface area contributed by atoms with Crippen molar-refractivity contribution in [1.82, 2.24) is 20.0 Å². The number of aromatic amines is 1. The van der Waals surface area contributed by atoms with Crippen molar-refractivity contribution in [2.24, 2.45) is 7.05 Å². The molecule has 0 unspecified atom stereocenters. The Balaban J connectivity index is 2.10. The van der Waals surface area contributed by atoms with E-state index in [0.717, 1.165) is 17.8 Å². The third-order valence-corrected chi connectivity index (χ3v) is 2.24. The number of hydrogen-bond acceptors (Lipinski definition) is 4. The molecule has 0 aliphatic heterocycles. The number of rotatable bonds is 3. The minimum atomic E-state index is 0.585. The van der Waals surface area contributed by atoms with Crippen LogP contribution in [0.3, 0.4) is 0 Å². The topological polar surface area (TPSA) is 75.8 Å². The van der Waals surface area contributed by atoms with Gasteiger partial charge in [-0.1, -0.05) is 0 Å². The lowest BCUT2D eigenvalue weighted by atomic mass is 10.3. The number of aromatic nitrogens is 4. The molecule has 0 atom stereocenters. The number of anilines is 2. The summed E-state index contributed by atoms with van der Waals surface area (Å²) in [5.41, 5.74) is 7.76. The zero-order valence-electron chi connectivity index (χ0n) is 8.81. The standard InChI is InChI=1S/C9H14N6/c1-14(8-4-11-13-9(8)10)5-7-3-12-15(2)6-7/h3-4,6H,5H2,1-2H3,(H3,10,11,13).